The highest BCUT2D eigenvalue weighted by Gasteiger charge is 2.28. The van der Waals surface area contributed by atoms with E-state index in [4.69, 9.17) is 15.2 Å². The van der Waals surface area contributed by atoms with Gasteiger partial charge in [-0.1, -0.05) is 0 Å². The van der Waals surface area contributed by atoms with E-state index in [9.17, 15) is 5.11 Å². The highest BCUT2D eigenvalue weighted by molar-refractivity contribution is 9.10. The van der Waals surface area contributed by atoms with Gasteiger partial charge in [-0.2, -0.15) is 0 Å². The molecule has 1 aromatic heterocycles. The minimum atomic E-state index is -0.635. The number of hydrogen-bond donors (Lipinski definition) is 2. The molecule has 6 nitrogen and oxygen atoms in total. The Morgan fingerprint density at radius 1 is 1.37 bits per heavy atom. The van der Waals surface area contributed by atoms with E-state index in [0.29, 0.717) is 29.1 Å². The number of halogens is 1. The molecule has 0 bridgehead atoms. The molecule has 0 saturated carbocycles. The van der Waals surface area contributed by atoms with Gasteiger partial charge in [-0.3, -0.25) is 0 Å². The molecule has 2 aromatic rings. The highest BCUT2D eigenvalue weighted by atomic mass is 79.9. The van der Waals surface area contributed by atoms with Crippen molar-refractivity contribution < 1.29 is 14.6 Å². The van der Waals surface area contributed by atoms with Crippen molar-refractivity contribution in [2.45, 2.75) is 12.2 Å². The van der Waals surface area contributed by atoms with Crippen LogP contribution in [-0.4, -0.2) is 40.5 Å². The average Bonchev–Trinajstić information content (AvgIpc) is 2.79. The third-order valence-electron chi connectivity index (χ3n) is 3.01. The molecule has 100 valence electrons. The number of aromatic nitrogens is 2. The van der Waals surface area contributed by atoms with Gasteiger partial charge in [0.05, 0.1) is 24.1 Å². The van der Waals surface area contributed by atoms with Crippen molar-refractivity contribution in [2.75, 3.05) is 18.9 Å². The van der Waals surface area contributed by atoms with Crippen molar-refractivity contribution in [1.82, 2.24) is 9.97 Å². The van der Waals surface area contributed by atoms with Crippen molar-refractivity contribution >= 4 is 32.7 Å². The molecule has 1 fully saturated rings. The lowest BCUT2D eigenvalue weighted by molar-refractivity contribution is 0.0743. The Labute approximate surface area is 117 Å². The molecule has 1 aromatic carbocycles. The first-order valence-corrected chi connectivity index (χ1v) is 6.57. The summed E-state index contributed by atoms with van der Waals surface area (Å²) in [4.78, 5) is 8.16. The average molecular weight is 326 g/mol. The number of anilines is 1. The van der Waals surface area contributed by atoms with Crippen LogP contribution >= 0.6 is 15.9 Å². The predicted molar refractivity (Wildman–Crippen MR) is 72.9 cm³/mol. The van der Waals surface area contributed by atoms with Crippen molar-refractivity contribution in [3.8, 4) is 5.75 Å². The number of nitrogen functional groups attached to an aromatic ring is 1. The summed E-state index contributed by atoms with van der Waals surface area (Å²) in [6.07, 6.45) is 0.369. The van der Waals surface area contributed by atoms with E-state index in [2.05, 4.69) is 25.9 Å². The summed E-state index contributed by atoms with van der Waals surface area (Å²) >= 11 is 3.41. The number of nitrogens with two attached hydrogens (primary N) is 1. The second kappa shape index (κ2) is 4.92. The number of benzene rings is 1. The van der Waals surface area contributed by atoms with Crippen LogP contribution < -0.4 is 10.5 Å². The molecule has 19 heavy (non-hydrogen) atoms. The van der Waals surface area contributed by atoms with E-state index in [-0.39, 0.29) is 6.61 Å². The van der Waals surface area contributed by atoms with Crippen LogP contribution in [0.4, 0.5) is 5.82 Å². The van der Waals surface area contributed by atoms with Gasteiger partial charge in [0.2, 0.25) is 0 Å². The predicted octanol–water partition coefficient (Wildman–Crippen LogP) is 1.11. The monoisotopic (exact) mass is 325 g/mol. The van der Waals surface area contributed by atoms with Crippen LogP contribution in [0.25, 0.3) is 10.9 Å². The molecule has 2 atom stereocenters. The Kier molecular flexibility index (Phi) is 3.26. The van der Waals surface area contributed by atoms with Crippen molar-refractivity contribution in [1.29, 1.82) is 0 Å². The molecule has 0 aliphatic carbocycles. The van der Waals surface area contributed by atoms with E-state index >= 15 is 0 Å². The van der Waals surface area contributed by atoms with Gasteiger partial charge >= 0.3 is 0 Å². The lowest BCUT2D eigenvalue weighted by Gasteiger charge is -2.17. The zero-order chi connectivity index (χ0) is 13.4. The molecule has 0 spiro atoms. The lowest BCUT2D eigenvalue weighted by atomic mass is 10.2. The number of aliphatic hydroxyl groups excluding tert-OH is 1. The Morgan fingerprint density at radius 2 is 2.21 bits per heavy atom. The smallest absolute Gasteiger partial charge is 0.150 e. The van der Waals surface area contributed by atoms with Gasteiger partial charge in [0.25, 0.3) is 0 Å². The third-order valence-corrected chi connectivity index (χ3v) is 3.65. The normalized spacial score (nSPS) is 22.8. The summed E-state index contributed by atoms with van der Waals surface area (Å²) in [6.45, 7) is 0.636. The second-order valence-corrected chi connectivity index (χ2v) is 5.14. The molecule has 2 heterocycles. The highest BCUT2D eigenvalue weighted by Crippen LogP contribution is 2.34. The summed E-state index contributed by atoms with van der Waals surface area (Å²) in [6, 6.07) is 3.60. The van der Waals surface area contributed by atoms with Gasteiger partial charge in [0.1, 0.15) is 30.1 Å². The molecule has 2 unspecified atom stereocenters. The first-order valence-electron chi connectivity index (χ1n) is 5.78. The Bertz CT molecular complexity index is 622. The molecule has 3 rings (SSSR count). The molecular weight excluding hydrogens is 314 g/mol. The van der Waals surface area contributed by atoms with Gasteiger partial charge in [-0.15, -0.1) is 0 Å². The summed E-state index contributed by atoms with van der Waals surface area (Å²) in [5.74, 6) is 0.889. The molecule has 0 radical (unpaired) electrons. The quantitative estimate of drug-likeness (QED) is 0.859. The standard InChI is InChI=1S/C12H12BrN3O3/c13-6-1-2-8(19-9-4-18-3-7(9)17)10-11(6)15-5-16-12(10)14/h1-2,5,7,9,17H,3-4H2,(H2,14,15,16). The molecule has 1 aliphatic rings. The number of hydrogen-bond acceptors (Lipinski definition) is 6. The lowest BCUT2D eigenvalue weighted by Crippen LogP contribution is -2.29. The molecular formula is C12H12BrN3O3. The van der Waals surface area contributed by atoms with E-state index in [1.54, 1.807) is 6.07 Å². The summed E-state index contributed by atoms with van der Waals surface area (Å²) < 4.78 is 11.8. The Morgan fingerprint density at radius 3 is 2.95 bits per heavy atom. The number of fused-ring (bicyclic) bond motifs is 1. The minimum Gasteiger partial charge on any atom is -0.484 e. The van der Waals surface area contributed by atoms with Gasteiger partial charge in [0, 0.05) is 4.47 Å². The fourth-order valence-corrected chi connectivity index (χ4v) is 2.46. The number of rotatable bonds is 2. The summed E-state index contributed by atoms with van der Waals surface area (Å²) in [5, 5.41) is 10.4. The maximum Gasteiger partial charge on any atom is 0.150 e. The van der Waals surface area contributed by atoms with Crippen molar-refractivity contribution in [3.63, 3.8) is 0 Å². The number of ether oxygens (including phenoxy) is 2. The maximum absolute atomic E-state index is 9.72. The third kappa shape index (κ3) is 2.24. The fourth-order valence-electron chi connectivity index (χ4n) is 2.03. The zero-order valence-electron chi connectivity index (χ0n) is 9.91. The van der Waals surface area contributed by atoms with Crippen LogP contribution in [0.15, 0.2) is 22.9 Å². The maximum atomic E-state index is 9.72. The molecule has 3 N–H and O–H groups in total. The van der Waals surface area contributed by atoms with Crippen LogP contribution in [-0.2, 0) is 4.74 Å². The fraction of sp³-hybridized carbons (Fsp3) is 0.333. The van der Waals surface area contributed by atoms with Crippen LogP contribution in [0, 0.1) is 0 Å². The molecule has 7 heteroatoms. The first kappa shape index (κ1) is 12.6. The van der Waals surface area contributed by atoms with Gasteiger partial charge in [-0.05, 0) is 28.1 Å². The topological polar surface area (TPSA) is 90.5 Å². The van der Waals surface area contributed by atoms with E-state index in [1.165, 1.54) is 6.33 Å². The van der Waals surface area contributed by atoms with Crippen LogP contribution in [0.2, 0.25) is 0 Å². The Balaban J connectivity index is 2.06. The van der Waals surface area contributed by atoms with E-state index in [0.717, 1.165) is 4.47 Å². The second-order valence-electron chi connectivity index (χ2n) is 4.29. The van der Waals surface area contributed by atoms with Gasteiger partial charge in [-0.25, -0.2) is 9.97 Å². The van der Waals surface area contributed by atoms with Crippen LogP contribution in [0.3, 0.4) is 0 Å². The number of nitrogens with zero attached hydrogens (tertiary/aromatic N) is 2. The summed E-state index contributed by atoms with van der Waals surface area (Å²) in [7, 11) is 0. The SMILES string of the molecule is Nc1ncnc2c(Br)ccc(OC3COCC3O)c12. The molecule has 1 aliphatic heterocycles. The van der Waals surface area contributed by atoms with Crippen LogP contribution in [0.1, 0.15) is 0 Å². The largest absolute Gasteiger partial charge is 0.484 e. The zero-order valence-corrected chi connectivity index (χ0v) is 11.5. The van der Waals surface area contributed by atoms with Crippen molar-refractivity contribution in [3.05, 3.63) is 22.9 Å². The van der Waals surface area contributed by atoms with E-state index < -0.39 is 12.2 Å². The van der Waals surface area contributed by atoms with Gasteiger partial charge in [0.15, 0.2) is 0 Å². The van der Waals surface area contributed by atoms with Crippen molar-refractivity contribution in [2.24, 2.45) is 0 Å². The Hall–Kier alpha value is -1.44. The number of aliphatic hydroxyl groups is 1. The minimum absolute atomic E-state index is 0.283. The van der Waals surface area contributed by atoms with Crippen LogP contribution in [0.5, 0.6) is 5.75 Å². The first-order chi connectivity index (χ1) is 9.16. The molecule has 0 amide bonds. The van der Waals surface area contributed by atoms with E-state index in [1.807, 2.05) is 6.07 Å². The molecule has 1 saturated heterocycles. The van der Waals surface area contributed by atoms with Gasteiger partial charge < -0.3 is 20.3 Å². The summed E-state index contributed by atoms with van der Waals surface area (Å²) in [5.41, 5.74) is 6.57.